The highest BCUT2D eigenvalue weighted by Crippen LogP contribution is 2.30. The van der Waals surface area contributed by atoms with Gasteiger partial charge < -0.3 is 11.1 Å². The number of aromatic nitrogens is 2. The highest BCUT2D eigenvalue weighted by atomic mass is 79.9. The van der Waals surface area contributed by atoms with Crippen molar-refractivity contribution >= 4 is 27.7 Å². The molecule has 0 bridgehead atoms. The van der Waals surface area contributed by atoms with E-state index in [9.17, 15) is 0 Å². The van der Waals surface area contributed by atoms with Crippen LogP contribution in [0.5, 0.6) is 0 Å². The van der Waals surface area contributed by atoms with Crippen molar-refractivity contribution in [2.45, 2.75) is 32.6 Å². The number of nitrogens with zero attached hydrogens (tertiary/aromatic N) is 2. The van der Waals surface area contributed by atoms with Crippen LogP contribution in [0.2, 0.25) is 0 Å². The van der Waals surface area contributed by atoms with Gasteiger partial charge in [0.15, 0.2) is 0 Å². The van der Waals surface area contributed by atoms with Crippen molar-refractivity contribution in [1.82, 2.24) is 9.97 Å². The number of hydrogen-bond donors (Lipinski definition) is 2. The largest absolute Gasteiger partial charge is 0.369 e. The maximum absolute atomic E-state index is 5.58. The highest BCUT2D eigenvalue weighted by molar-refractivity contribution is 9.10. The number of anilines is 2. The van der Waals surface area contributed by atoms with Gasteiger partial charge in [-0.2, -0.15) is 4.98 Å². The monoisotopic (exact) mass is 298 g/mol. The van der Waals surface area contributed by atoms with Gasteiger partial charge in [-0.1, -0.05) is 26.2 Å². The molecule has 4 nitrogen and oxygen atoms in total. The molecule has 0 radical (unpaired) electrons. The topological polar surface area (TPSA) is 63.8 Å². The van der Waals surface area contributed by atoms with Gasteiger partial charge in [-0.3, -0.25) is 0 Å². The molecule has 0 aliphatic heterocycles. The van der Waals surface area contributed by atoms with Crippen molar-refractivity contribution in [2.24, 2.45) is 11.8 Å². The number of rotatable bonds is 3. The normalized spacial score (nSPS) is 24.6. The summed E-state index contributed by atoms with van der Waals surface area (Å²) in [5.74, 6) is 2.66. The van der Waals surface area contributed by atoms with Gasteiger partial charge in [0, 0.05) is 12.7 Å². The van der Waals surface area contributed by atoms with Crippen LogP contribution in [-0.2, 0) is 0 Å². The van der Waals surface area contributed by atoms with E-state index in [2.05, 4.69) is 38.1 Å². The minimum Gasteiger partial charge on any atom is -0.369 e. The molecule has 1 heterocycles. The van der Waals surface area contributed by atoms with E-state index in [1.54, 1.807) is 6.20 Å². The van der Waals surface area contributed by atoms with Crippen LogP contribution < -0.4 is 11.1 Å². The van der Waals surface area contributed by atoms with Gasteiger partial charge in [-0.15, -0.1) is 0 Å². The van der Waals surface area contributed by atoms with Gasteiger partial charge >= 0.3 is 0 Å². The Hall–Kier alpha value is -0.840. The summed E-state index contributed by atoms with van der Waals surface area (Å²) in [6, 6.07) is 0. The number of halogens is 1. The first-order valence-corrected chi connectivity index (χ1v) is 6.98. The predicted molar refractivity (Wildman–Crippen MR) is 73.8 cm³/mol. The predicted octanol–water partition coefficient (Wildman–Crippen LogP) is 3.06. The van der Waals surface area contributed by atoms with E-state index >= 15 is 0 Å². The van der Waals surface area contributed by atoms with E-state index in [1.165, 1.54) is 25.7 Å². The van der Waals surface area contributed by atoms with Crippen LogP contribution >= 0.6 is 15.9 Å². The summed E-state index contributed by atoms with van der Waals surface area (Å²) < 4.78 is 0.871. The molecule has 1 aromatic heterocycles. The fourth-order valence-electron chi connectivity index (χ4n) is 2.43. The highest BCUT2D eigenvalue weighted by Gasteiger charge is 2.21. The number of nitrogen functional groups attached to an aromatic ring is 1. The van der Waals surface area contributed by atoms with Gasteiger partial charge in [0.2, 0.25) is 5.95 Å². The molecular weight excluding hydrogens is 280 g/mol. The second-order valence-electron chi connectivity index (χ2n) is 4.83. The molecule has 1 saturated carbocycles. The lowest BCUT2D eigenvalue weighted by molar-refractivity contribution is 0.268. The molecule has 17 heavy (non-hydrogen) atoms. The molecule has 0 aromatic carbocycles. The van der Waals surface area contributed by atoms with E-state index in [-0.39, 0.29) is 0 Å². The smallest absolute Gasteiger partial charge is 0.221 e. The van der Waals surface area contributed by atoms with Gasteiger partial charge in [-0.05, 0) is 34.2 Å². The third-order valence-corrected chi connectivity index (χ3v) is 4.16. The zero-order chi connectivity index (χ0) is 12.3. The van der Waals surface area contributed by atoms with Crippen LogP contribution in [0.15, 0.2) is 10.7 Å². The summed E-state index contributed by atoms with van der Waals surface area (Å²) in [6.45, 7) is 3.31. The minimum absolute atomic E-state index is 0.312. The van der Waals surface area contributed by atoms with Crippen LogP contribution in [-0.4, -0.2) is 16.5 Å². The fourth-order valence-corrected chi connectivity index (χ4v) is 2.76. The summed E-state index contributed by atoms with van der Waals surface area (Å²) in [4.78, 5) is 8.12. The van der Waals surface area contributed by atoms with Gasteiger partial charge in [0.1, 0.15) is 5.82 Å². The zero-order valence-electron chi connectivity index (χ0n) is 10.1. The molecular formula is C12H19BrN4. The summed E-state index contributed by atoms with van der Waals surface area (Å²) >= 11 is 3.43. The maximum atomic E-state index is 5.58. The standard InChI is InChI=1S/C12H19BrN4/c1-8-4-2-3-5-9(8)6-15-11-10(13)7-16-12(14)17-11/h7-9H,2-6H2,1H3,(H3,14,15,16,17). The van der Waals surface area contributed by atoms with Crippen LogP contribution in [0.1, 0.15) is 32.6 Å². The van der Waals surface area contributed by atoms with E-state index < -0.39 is 0 Å². The van der Waals surface area contributed by atoms with Crippen molar-refractivity contribution in [3.05, 3.63) is 10.7 Å². The van der Waals surface area contributed by atoms with E-state index in [0.717, 1.165) is 28.7 Å². The summed E-state index contributed by atoms with van der Waals surface area (Å²) in [6.07, 6.45) is 7.08. The van der Waals surface area contributed by atoms with Crippen molar-refractivity contribution in [2.75, 3.05) is 17.6 Å². The van der Waals surface area contributed by atoms with Crippen molar-refractivity contribution in [3.63, 3.8) is 0 Å². The molecule has 2 rings (SSSR count). The van der Waals surface area contributed by atoms with E-state index in [1.807, 2.05) is 0 Å². The van der Waals surface area contributed by atoms with Crippen molar-refractivity contribution < 1.29 is 0 Å². The molecule has 3 N–H and O–H groups in total. The average Bonchev–Trinajstić information content (AvgIpc) is 2.32. The van der Waals surface area contributed by atoms with Gasteiger partial charge in [0.25, 0.3) is 0 Å². The minimum atomic E-state index is 0.312. The third-order valence-electron chi connectivity index (χ3n) is 3.58. The molecule has 0 spiro atoms. The lowest BCUT2D eigenvalue weighted by Crippen LogP contribution is -2.24. The maximum Gasteiger partial charge on any atom is 0.221 e. The Labute approximate surface area is 111 Å². The summed E-state index contributed by atoms with van der Waals surface area (Å²) in [5, 5.41) is 3.38. The fraction of sp³-hybridized carbons (Fsp3) is 0.667. The second-order valence-corrected chi connectivity index (χ2v) is 5.68. The summed E-state index contributed by atoms with van der Waals surface area (Å²) in [5.41, 5.74) is 5.58. The Morgan fingerprint density at radius 3 is 3.00 bits per heavy atom. The Morgan fingerprint density at radius 2 is 2.24 bits per heavy atom. The Balaban J connectivity index is 1.94. The molecule has 2 atom stereocenters. The molecule has 2 unspecified atom stereocenters. The third kappa shape index (κ3) is 3.31. The lowest BCUT2D eigenvalue weighted by atomic mass is 9.80. The quantitative estimate of drug-likeness (QED) is 0.900. The van der Waals surface area contributed by atoms with Crippen molar-refractivity contribution in [1.29, 1.82) is 0 Å². The van der Waals surface area contributed by atoms with Crippen LogP contribution in [0.3, 0.4) is 0 Å². The first-order chi connectivity index (χ1) is 8.16. The number of nitrogens with two attached hydrogens (primary N) is 1. The second kappa shape index (κ2) is 5.67. The number of nitrogens with one attached hydrogen (secondary N) is 1. The molecule has 0 saturated heterocycles. The molecule has 94 valence electrons. The Morgan fingerprint density at radius 1 is 1.47 bits per heavy atom. The van der Waals surface area contributed by atoms with Gasteiger partial charge in [0.05, 0.1) is 4.47 Å². The van der Waals surface area contributed by atoms with E-state index in [4.69, 9.17) is 5.73 Å². The Bertz CT molecular complexity index is 383. The van der Waals surface area contributed by atoms with Gasteiger partial charge in [-0.25, -0.2) is 4.98 Å². The van der Waals surface area contributed by atoms with E-state index in [0.29, 0.717) is 5.95 Å². The average molecular weight is 299 g/mol. The van der Waals surface area contributed by atoms with Crippen LogP contribution in [0, 0.1) is 11.8 Å². The molecule has 1 aromatic rings. The molecule has 1 aliphatic rings. The number of hydrogen-bond acceptors (Lipinski definition) is 4. The molecule has 0 amide bonds. The first-order valence-electron chi connectivity index (χ1n) is 6.18. The molecule has 1 fully saturated rings. The molecule has 5 heteroatoms. The first kappa shape index (κ1) is 12.6. The molecule has 1 aliphatic carbocycles. The van der Waals surface area contributed by atoms with Crippen LogP contribution in [0.4, 0.5) is 11.8 Å². The van der Waals surface area contributed by atoms with Crippen LogP contribution in [0.25, 0.3) is 0 Å². The lowest BCUT2D eigenvalue weighted by Gasteiger charge is -2.29. The SMILES string of the molecule is CC1CCCCC1CNc1nc(N)ncc1Br. The van der Waals surface area contributed by atoms with Crippen molar-refractivity contribution in [3.8, 4) is 0 Å². The Kier molecular flexibility index (Phi) is 4.20. The zero-order valence-corrected chi connectivity index (χ0v) is 11.7. The summed E-state index contributed by atoms with van der Waals surface area (Å²) in [7, 11) is 0.